The van der Waals surface area contributed by atoms with Crippen LogP contribution in [0.15, 0.2) is 18.2 Å². The number of tetrazole rings is 1. The molecule has 0 fully saturated rings. The zero-order valence-corrected chi connectivity index (χ0v) is 10.1. The summed E-state index contributed by atoms with van der Waals surface area (Å²) in [5.74, 6) is 1.24. The summed E-state index contributed by atoms with van der Waals surface area (Å²) in [7, 11) is 1.57. The van der Waals surface area contributed by atoms with Crippen molar-refractivity contribution in [1.29, 1.82) is 0 Å². The molecular weight excluding hydrogens is 234 g/mol. The average Bonchev–Trinajstić information content (AvgIpc) is 2.84. The summed E-state index contributed by atoms with van der Waals surface area (Å²) in [5, 5.41) is 20.3. The van der Waals surface area contributed by atoms with Crippen LogP contribution in [0, 0.1) is 0 Å². The van der Waals surface area contributed by atoms with Gasteiger partial charge in [-0.3, -0.25) is 0 Å². The second-order valence-corrected chi connectivity index (χ2v) is 3.76. The van der Waals surface area contributed by atoms with Crippen molar-refractivity contribution in [3.8, 4) is 17.1 Å². The summed E-state index contributed by atoms with van der Waals surface area (Å²) in [6, 6.07) is 5.38. The van der Waals surface area contributed by atoms with Gasteiger partial charge in [0.05, 0.1) is 12.8 Å². The highest BCUT2D eigenvalue weighted by Crippen LogP contribution is 2.26. The van der Waals surface area contributed by atoms with Crippen molar-refractivity contribution < 1.29 is 9.84 Å². The molecule has 0 aliphatic heterocycles. The van der Waals surface area contributed by atoms with Gasteiger partial charge < -0.3 is 15.6 Å². The van der Waals surface area contributed by atoms with Crippen molar-refractivity contribution in [3.63, 3.8) is 0 Å². The molecule has 1 aromatic heterocycles. The molecule has 2 rings (SSSR count). The molecule has 0 spiro atoms. The van der Waals surface area contributed by atoms with Crippen LogP contribution in [0.3, 0.4) is 0 Å². The number of rotatable bonds is 5. The van der Waals surface area contributed by atoms with Crippen LogP contribution in [-0.2, 0) is 6.54 Å². The molecule has 0 radical (unpaired) electrons. The first kappa shape index (κ1) is 12.3. The third kappa shape index (κ3) is 2.40. The van der Waals surface area contributed by atoms with E-state index in [1.807, 2.05) is 6.07 Å². The minimum absolute atomic E-state index is 0.101. The molecule has 0 saturated carbocycles. The number of aliphatic hydroxyl groups is 1. The fourth-order valence-electron chi connectivity index (χ4n) is 1.66. The number of nitrogens with zero attached hydrogens (tertiary/aromatic N) is 4. The summed E-state index contributed by atoms with van der Waals surface area (Å²) in [5.41, 5.74) is 7.20. The molecule has 0 saturated heterocycles. The summed E-state index contributed by atoms with van der Waals surface area (Å²) >= 11 is 0. The van der Waals surface area contributed by atoms with E-state index >= 15 is 0 Å². The van der Waals surface area contributed by atoms with Crippen molar-refractivity contribution in [2.45, 2.75) is 13.0 Å². The Hall–Kier alpha value is -2.15. The maximum Gasteiger partial charge on any atom is 0.182 e. The molecule has 96 valence electrons. The van der Waals surface area contributed by atoms with E-state index in [-0.39, 0.29) is 6.61 Å². The summed E-state index contributed by atoms with van der Waals surface area (Å²) < 4.78 is 6.73. The average molecular weight is 249 g/mol. The van der Waals surface area contributed by atoms with Crippen LogP contribution in [-0.4, -0.2) is 39.0 Å². The van der Waals surface area contributed by atoms with E-state index in [9.17, 15) is 0 Å². The normalized spacial score (nSPS) is 10.6. The highest BCUT2D eigenvalue weighted by atomic mass is 16.5. The van der Waals surface area contributed by atoms with Gasteiger partial charge in [-0.1, -0.05) is 0 Å². The minimum atomic E-state index is 0.101. The molecule has 2 aromatic rings. The first-order valence-electron chi connectivity index (χ1n) is 5.57. The van der Waals surface area contributed by atoms with Gasteiger partial charge >= 0.3 is 0 Å². The number of ether oxygens (including phenoxy) is 1. The standard InChI is InChI=1S/C11H15N5O2/c1-18-10-4-3-8(7-9(10)12)11-13-14-15-16(11)5-2-6-17/h3-4,7,17H,2,5-6,12H2,1H3. The van der Waals surface area contributed by atoms with Crippen molar-refractivity contribution in [3.05, 3.63) is 18.2 Å². The number of aryl methyl sites for hydroxylation is 1. The van der Waals surface area contributed by atoms with Crippen molar-refractivity contribution in [2.24, 2.45) is 0 Å². The van der Waals surface area contributed by atoms with Gasteiger partial charge in [0.25, 0.3) is 0 Å². The molecule has 0 amide bonds. The number of nitrogens with two attached hydrogens (primary N) is 1. The lowest BCUT2D eigenvalue weighted by molar-refractivity contribution is 0.276. The lowest BCUT2D eigenvalue weighted by atomic mass is 10.2. The Labute approximate surface area is 104 Å². The highest BCUT2D eigenvalue weighted by Gasteiger charge is 2.10. The summed E-state index contributed by atoms with van der Waals surface area (Å²) in [6.07, 6.45) is 0.601. The van der Waals surface area contributed by atoms with Gasteiger partial charge in [-0.15, -0.1) is 5.10 Å². The van der Waals surface area contributed by atoms with Crippen LogP contribution in [0.2, 0.25) is 0 Å². The van der Waals surface area contributed by atoms with E-state index in [2.05, 4.69) is 15.5 Å². The molecule has 3 N–H and O–H groups in total. The molecule has 0 aliphatic carbocycles. The number of hydrogen-bond acceptors (Lipinski definition) is 6. The molecule has 0 aliphatic rings. The molecule has 18 heavy (non-hydrogen) atoms. The second kappa shape index (κ2) is 5.46. The van der Waals surface area contributed by atoms with Gasteiger partial charge in [0.15, 0.2) is 5.82 Å². The molecule has 1 aromatic carbocycles. The Morgan fingerprint density at radius 2 is 2.28 bits per heavy atom. The van der Waals surface area contributed by atoms with E-state index in [0.717, 1.165) is 5.56 Å². The first-order valence-corrected chi connectivity index (χ1v) is 5.57. The maximum atomic E-state index is 8.82. The maximum absolute atomic E-state index is 8.82. The summed E-state index contributed by atoms with van der Waals surface area (Å²) in [6.45, 7) is 0.662. The Bertz CT molecular complexity index is 526. The number of anilines is 1. The molecule has 7 heteroatoms. The number of aromatic nitrogens is 4. The SMILES string of the molecule is COc1ccc(-c2nnnn2CCCO)cc1N. The van der Waals surface area contributed by atoms with Crippen LogP contribution in [0.4, 0.5) is 5.69 Å². The third-order valence-electron chi connectivity index (χ3n) is 2.55. The quantitative estimate of drug-likeness (QED) is 0.740. The monoisotopic (exact) mass is 249 g/mol. The van der Waals surface area contributed by atoms with Gasteiger partial charge in [-0.25, -0.2) is 4.68 Å². The van der Waals surface area contributed by atoms with Crippen molar-refractivity contribution in [1.82, 2.24) is 20.2 Å². The molecule has 7 nitrogen and oxygen atoms in total. The van der Waals surface area contributed by atoms with E-state index in [0.29, 0.717) is 30.2 Å². The lowest BCUT2D eigenvalue weighted by Crippen LogP contribution is -2.05. The van der Waals surface area contributed by atoms with Crippen LogP contribution in [0.1, 0.15) is 6.42 Å². The van der Waals surface area contributed by atoms with Crippen molar-refractivity contribution in [2.75, 3.05) is 19.5 Å². The number of benzene rings is 1. The predicted octanol–water partition coefficient (Wildman–Crippen LogP) is 0.313. The van der Waals surface area contributed by atoms with Gasteiger partial charge in [-0.2, -0.15) is 0 Å². The molecule has 0 bridgehead atoms. The van der Waals surface area contributed by atoms with E-state index in [1.165, 1.54) is 0 Å². The highest BCUT2D eigenvalue weighted by molar-refractivity contribution is 5.66. The zero-order valence-electron chi connectivity index (χ0n) is 10.1. The molecule has 1 heterocycles. The fraction of sp³-hybridized carbons (Fsp3) is 0.364. The molecular formula is C11H15N5O2. The van der Waals surface area contributed by atoms with Crippen molar-refractivity contribution >= 4 is 5.69 Å². The van der Waals surface area contributed by atoms with Crippen LogP contribution >= 0.6 is 0 Å². The van der Waals surface area contributed by atoms with E-state index < -0.39 is 0 Å². The van der Waals surface area contributed by atoms with Gasteiger partial charge in [-0.05, 0) is 35.0 Å². The topological polar surface area (TPSA) is 99.1 Å². The first-order chi connectivity index (χ1) is 8.76. The smallest absolute Gasteiger partial charge is 0.182 e. The second-order valence-electron chi connectivity index (χ2n) is 3.76. The molecule has 0 atom stereocenters. The van der Waals surface area contributed by atoms with Gasteiger partial charge in [0.1, 0.15) is 5.75 Å². The third-order valence-corrected chi connectivity index (χ3v) is 2.55. The van der Waals surface area contributed by atoms with Gasteiger partial charge in [0, 0.05) is 18.7 Å². The van der Waals surface area contributed by atoms with Crippen LogP contribution < -0.4 is 10.5 Å². The van der Waals surface area contributed by atoms with E-state index in [1.54, 1.807) is 23.9 Å². The minimum Gasteiger partial charge on any atom is -0.495 e. The zero-order chi connectivity index (χ0) is 13.0. The molecule has 0 unspecified atom stereocenters. The van der Waals surface area contributed by atoms with Crippen LogP contribution in [0.25, 0.3) is 11.4 Å². The number of aliphatic hydroxyl groups excluding tert-OH is 1. The Kier molecular flexibility index (Phi) is 3.73. The Morgan fingerprint density at radius 1 is 1.44 bits per heavy atom. The fourth-order valence-corrected chi connectivity index (χ4v) is 1.66. The Morgan fingerprint density at radius 3 is 2.94 bits per heavy atom. The van der Waals surface area contributed by atoms with E-state index in [4.69, 9.17) is 15.6 Å². The van der Waals surface area contributed by atoms with Gasteiger partial charge in [0.2, 0.25) is 0 Å². The lowest BCUT2D eigenvalue weighted by Gasteiger charge is -2.07. The summed E-state index contributed by atoms with van der Waals surface area (Å²) in [4.78, 5) is 0. The Balaban J connectivity index is 2.31. The number of methoxy groups -OCH3 is 1. The van der Waals surface area contributed by atoms with Crippen LogP contribution in [0.5, 0.6) is 5.75 Å². The largest absolute Gasteiger partial charge is 0.495 e. The predicted molar refractivity (Wildman–Crippen MR) is 65.9 cm³/mol. The number of hydrogen-bond donors (Lipinski definition) is 2. The number of nitrogen functional groups attached to an aromatic ring is 1.